The van der Waals surface area contributed by atoms with Crippen molar-refractivity contribution in [3.63, 3.8) is 0 Å². The number of anilines is 2. The highest BCUT2D eigenvalue weighted by molar-refractivity contribution is 5.86. The van der Waals surface area contributed by atoms with Crippen LogP contribution in [0, 0.1) is 0 Å². The Kier molecular flexibility index (Phi) is 9.27. The Balaban J connectivity index is 0.000000216. The third kappa shape index (κ3) is 8.23. The number of carbonyl (C=O) groups is 1. The Morgan fingerprint density at radius 2 is 1.37 bits per heavy atom. The van der Waals surface area contributed by atoms with Gasteiger partial charge in [0.05, 0.1) is 11.6 Å². The zero-order valence-corrected chi connectivity index (χ0v) is 25.3. The zero-order chi connectivity index (χ0) is 34.4. The van der Waals surface area contributed by atoms with Gasteiger partial charge in [0, 0.05) is 53.2 Å². The summed E-state index contributed by atoms with van der Waals surface area (Å²) in [6, 6.07) is 19.3. The van der Waals surface area contributed by atoms with E-state index in [9.17, 15) is 18.0 Å². The second-order valence-electron chi connectivity index (χ2n) is 10.7. The lowest BCUT2D eigenvalue weighted by Gasteiger charge is -2.17. The van der Waals surface area contributed by atoms with Gasteiger partial charge in [0.1, 0.15) is 0 Å². The van der Waals surface area contributed by atoms with E-state index in [0.29, 0.717) is 17.0 Å². The summed E-state index contributed by atoms with van der Waals surface area (Å²) in [5.74, 6) is 0.706. The number of amides is 1. The molecule has 1 atom stereocenters. The summed E-state index contributed by atoms with van der Waals surface area (Å²) in [7, 11) is 0. The number of nitrogens with one attached hydrogen (secondary N) is 2. The molecule has 0 spiro atoms. The quantitative estimate of drug-likeness (QED) is 0.138. The Bertz CT molecular complexity index is 2200. The van der Waals surface area contributed by atoms with Crippen LogP contribution in [0.1, 0.15) is 11.1 Å². The summed E-state index contributed by atoms with van der Waals surface area (Å²) >= 11 is 0. The number of nitrogens with two attached hydrogens (primary N) is 1. The molecule has 3 aromatic carbocycles. The molecule has 248 valence electrons. The summed E-state index contributed by atoms with van der Waals surface area (Å²) in [4.78, 5) is 19.3. The fraction of sp³-hybridized carbons (Fsp3) is 0.121. The third-order valence-corrected chi connectivity index (χ3v) is 7.23. The van der Waals surface area contributed by atoms with Gasteiger partial charge in [-0.25, -0.2) is 4.79 Å². The number of hydrogen-bond donors (Lipinski definition) is 4. The molecule has 16 heteroatoms. The molecule has 0 saturated heterocycles. The molecule has 0 radical (unpaired) electrons. The molecule has 0 aliphatic carbocycles. The monoisotopic (exact) mass is 669 g/mol. The first-order valence-corrected chi connectivity index (χ1v) is 14.6. The summed E-state index contributed by atoms with van der Waals surface area (Å²) in [6.07, 6.45) is 1.44. The third-order valence-electron chi connectivity index (χ3n) is 7.23. The van der Waals surface area contributed by atoms with Gasteiger partial charge in [-0.3, -0.25) is 9.97 Å². The maximum absolute atomic E-state index is 12.7. The maximum Gasteiger partial charge on any atom is 0.416 e. The first-order valence-electron chi connectivity index (χ1n) is 14.6. The number of fused-ring (bicyclic) bond motifs is 2. The van der Waals surface area contributed by atoms with Crippen molar-refractivity contribution in [3.8, 4) is 22.9 Å². The lowest BCUT2D eigenvalue weighted by atomic mass is 10.0. The second kappa shape index (κ2) is 14.0. The largest absolute Gasteiger partial charge is 0.465 e. The van der Waals surface area contributed by atoms with Crippen LogP contribution in [-0.4, -0.2) is 54.1 Å². The number of rotatable bonds is 8. The highest BCUT2D eigenvalue weighted by Crippen LogP contribution is 2.29. The Hall–Kier alpha value is -6.58. The van der Waals surface area contributed by atoms with Crippen LogP contribution in [0.25, 0.3) is 44.5 Å². The minimum atomic E-state index is -4.43. The predicted molar refractivity (Wildman–Crippen MR) is 173 cm³/mol. The molecule has 0 saturated carbocycles. The van der Waals surface area contributed by atoms with Crippen molar-refractivity contribution in [3.05, 3.63) is 109 Å². The molecule has 1 amide bonds. The molecule has 7 rings (SSSR count). The van der Waals surface area contributed by atoms with Crippen LogP contribution in [0.5, 0.6) is 0 Å². The minimum Gasteiger partial charge on any atom is -0.465 e. The van der Waals surface area contributed by atoms with E-state index in [4.69, 9.17) is 19.7 Å². The molecule has 0 aliphatic heterocycles. The van der Waals surface area contributed by atoms with Crippen LogP contribution in [0.15, 0.2) is 106 Å². The van der Waals surface area contributed by atoms with Crippen molar-refractivity contribution in [2.45, 2.75) is 18.6 Å². The summed E-state index contributed by atoms with van der Waals surface area (Å²) in [6.45, 7) is 0.0817. The van der Waals surface area contributed by atoms with E-state index < -0.39 is 23.9 Å². The molecule has 4 aromatic heterocycles. The van der Waals surface area contributed by atoms with E-state index in [2.05, 4.69) is 41.0 Å². The molecular formula is C33H26F3N9O4. The molecule has 0 bridgehead atoms. The molecule has 0 aliphatic rings. The van der Waals surface area contributed by atoms with Gasteiger partial charge < -0.3 is 30.3 Å². The second-order valence-corrected chi connectivity index (χ2v) is 10.7. The normalized spacial score (nSPS) is 11.9. The molecule has 4 heterocycles. The van der Waals surface area contributed by atoms with Crippen molar-refractivity contribution in [1.82, 2.24) is 35.7 Å². The van der Waals surface area contributed by atoms with Gasteiger partial charge in [-0.05, 0) is 71.3 Å². The van der Waals surface area contributed by atoms with E-state index in [1.165, 1.54) is 12.1 Å². The number of pyridine rings is 2. The maximum atomic E-state index is 12.7. The van der Waals surface area contributed by atoms with Crippen molar-refractivity contribution in [2.75, 3.05) is 17.6 Å². The van der Waals surface area contributed by atoms with Crippen LogP contribution in [0.4, 0.5) is 30.0 Å². The summed E-state index contributed by atoms with van der Waals surface area (Å²) < 4.78 is 49.0. The molecule has 7 aromatic rings. The Morgan fingerprint density at radius 1 is 0.776 bits per heavy atom. The minimum absolute atomic E-state index is 0.0739. The van der Waals surface area contributed by atoms with Crippen LogP contribution < -0.4 is 16.4 Å². The number of nitrogen functional groups attached to an aromatic ring is 1. The average Bonchev–Trinajstić information content (AvgIpc) is 3.76. The van der Waals surface area contributed by atoms with Crippen LogP contribution in [-0.2, 0) is 12.6 Å². The number of halogens is 3. The van der Waals surface area contributed by atoms with Crippen molar-refractivity contribution < 1.29 is 31.9 Å². The number of hydrogen-bond acceptors (Lipinski definition) is 11. The van der Waals surface area contributed by atoms with Crippen LogP contribution in [0.2, 0.25) is 0 Å². The van der Waals surface area contributed by atoms with Gasteiger partial charge in [0.2, 0.25) is 11.8 Å². The smallest absolute Gasteiger partial charge is 0.416 e. The predicted octanol–water partition coefficient (Wildman–Crippen LogP) is 6.46. The van der Waals surface area contributed by atoms with E-state index in [-0.39, 0.29) is 30.9 Å². The molecular weight excluding hydrogens is 643 g/mol. The van der Waals surface area contributed by atoms with Gasteiger partial charge >= 0.3 is 24.3 Å². The van der Waals surface area contributed by atoms with Crippen LogP contribution >= 0.6 is 0 Å². The van der Waals surface area contributed by atoms with Gasteiger partial charge in [-0.15, -0.1) is 10.2 Å². The SMILES string of the molecule is Nc1nnc(-c2ccc3cnccc3c2)o1.O=C(O)N[C@H](CNc1nnc(-c2ccc3cnccc3c2)o1)Cc1ccc(C(F)(F)F)cc1. The number of aromatic nitrogens is 6. The average molecular weight is 670 g/mol. The first-order chi connectivity index (χ1) is 23.6. The number of alkyl halides is 3. The van der Waals surface area contributed by atoms with Gasteiger partial charge in [-0.1, -0.05) is 34.5 Å². The Labute approximate surface area is 275 Å². The standard InChI is InChI=1S/C22H18F3N5O3.C11H8N4O/c23-22(24,25)17-5-1-13(2-6-17)9-18(28-21(31)32)12-27-20-30-29-19(33-20)15-3-4-16-11-26-8-7-14(16)10-15;12-11-15-14-10(16-11)8-1-2-9-6-13-4-3-7(9)5-8/h1-8,10-11,18,28H,9,12H2,(H,27,30)(H,31,32);1-6H,(H2,12,15)/t18-;/m0./s1. The van der Waals surface area contributed by atoms with Gasteiger partial charge in [0.15, 0.2) is 0 Å². The van der Waals surface area contributed by atoms with Crippen molar-refractivity contribution >= 4 is 39.7 Å². The molecule has 5 N–H and O–H groups in total. The fourth-order valence-electron chi connectivity index (χ4n) is 4.87. The summed E-state index contributed by atoms with van der Waals surface area (Å²) in [5.41, 5.74) is 6.71. The lowest BCUT2D eigenvalue weighted by molar-refractivity contribution is -0.137. The van der Waals surface area contributed by atoms with Crippen molar-refractivity contribution in [2.24, 2.45) is 0 Å². The van der Waals surface area contributed by atoms with E-state index in [1.54, 1.807) is 24.8 Å². The molecule has 49 heavy (non-hydrogen) atoms. The Morgan fingerprint density at radius 3 is 1.92 bits per heavy atom. The van der Waals surface area contributed by atoms with Crippen LogP contribution in [0.3, 0.4) is 0 Å². The number of nitrogens with zero attached hydrogens (tertiary/aromatic N) is 6. The zero-order valence-electron chi connectivity index (χ0n) is 25.3. The lowest BCUT2D eigenvalue weighted by Crippen LogP contribution is -2.40. The number of benzene rings is 3. The van der Waals surface area contributed by atoms with E-state index in [0.717, 1.165) is 39.2 Å². The molecule has 0 fully saturated rings. The first kappa shape index (κ1) is 32.4. The van der Waals surface area contributed by atoms with E-state index in [1.807, 2.05) is 48.5 Å². The van der Waals surface area contributed by atoms with Gasteiger partial charge in [-0.2, -0.15) is 13.2 Å². The van der Waals surface area contributed by atoms with E-state index >= 15 is 0 Å². The van der Waals surface area contributed by atoms with Gasteiger partial charge in [0.25, 0.3) is 0 Å². The molecule has 0 unspecified atom stereocenters. The highest BCUT2D eigenvalue weighted by atomic mass is 19.4. The summed E-state index contributed by atoms with van der Waals surface area (Å²) in [5, 5.41) is 33.8. The molecule has 13 nitrogen and oxygen atoms in total. The topological polar surface area (TPSA) is 191 Å². The fourth-order valence-corrected chi connectivity index (χ4v) is 4.87. The van der Waals surface area contributed by atoms with Crippen molar-refractivity contribution in [1.29, 1.82) is 0 Å². The number of carboxylic acid groups (broad SMARTS) is 1. The highest BCUT2D eigenvalue weighted by Gasteiger charge is 2.30.